The first-order valence-electron chi connectivity index (χ1n) is 5.89. The van der Waals surface area contributed by atoms with Crippen molar-refractivity contribution in [2.45, 2.75) is 12.5 Å². The average Bonchev–Trinajstić information content (AvgIpc) is 2.82. The molecule has 0 aliphatic carbocycles. The number of hydrogen-bond donors (Lipinski definition) is 1. The van der Waals surface area contributed by atoms with Gasteiger partial charge in [0, 0.05) is 24.7 Å². The Labute approximate surface area is 111 Å². The predicted molar refractivity (Wildman–Crippen MR) is 71.9 cm³/mol. The third-order valence-electron chi connectivity index (χ3n) is 3.11. The average molecular weight is 261 g/mol. The van der Waals surface area contributed by atoms with Crippen LogP contribution in [-0.4, -0.2) is 17.6 Å². The summed E-state index contributed by atoms with van der Waals surface area (Å²) in [7, 11) is 0. The Morgan fingerprint density at radius 2 is 2.22 bits per heavy atom. The third-order valence-corrected chi connectivity index (χ3v) is 3.41. The molecule has 0 fully saturated rings. The summed E-state index contributed by atoms with van der Waals surface area (Å²) in [6.45, 7) is 0.518. The van der Waals surface area contributed by atoms with Crippen molar-refractivity contribution in [3.63, 3.8) is 0 Å². The number of pyridine rings is 1. The van der Waals surface area contributed by atoms with E-state index in [1.165, 1.54) is 5.56 Å². The van der Waals surface area contributed by atoms with Gasteiger partial charge in [-0.25, -0.2) is 0 Å². The second kappa shape index (κ2) is 4.59. The van der Waals surface area contributed by atoms with E-state index < -0.39 is 0 Å². The SMILES string of the molecule is NCC1Cc2cccc(-c3ncccc3Cl)c2O1. The van der Waals surface area contributed by atoms with E-state index in [9.17, 15) is 0 Å². The molecule has 2 N–H and O–H groups in total. The Balaban J connectivity index is 2.11. The molecule has 3 nitrogen and oxygen atoms in total. The molecule has 0 bridgehead atoms. The van der Waals surface area contributed by atoms with E-state index >= 15 is 0 Å². The van der Waals surface area contributed by atoms with Crippen molar-refractivity contribution in [3.8, 4) is 17.0 Å². The fourth-order valence-corrected chi connectivity index (χ4v) is 2.46. The van der Waals surface area contributed by atoms with Crippen LogP contribution in [0.1, 0.15) is 5.56 Å². The van der Waals surface area contributed by atoms with E-state index in [1.54, 1.807) is 6.20 Å². The van der Waals surface area contributed by atoms with Crippen molar-refractivity contribution >= 4 is 11.6 Å². The molecule has 0 saturated carbocycles. The van der Waals surface area contributed by atoms with Gasteiger partial charge in [-0.05, 0) is 23.8 Å². The Hall–Kier alpha value is -1.58. The number of ether oxygens (including phenoxy) is 1. The summed E-state index contributed by atoms with van der Waals surface area (Å²) in [6, 6.07) is 9.69. The third kappa shape index (κ3) is 1.85. The largest absolute Gasteiger partial charge is 0.488 e. The lowest BCUT2D eigenvalue weighted by molar-refractivity contribution is 0.242. The lowest BCUT2D eigenvalue weighted by atomic mass is 10.0. The molecule has 3 rings (SSSR count). The highest BCUT2D eigenvalue weighted by molar-refractivity contribution is 6.33. The Bertz CT molecular complexity index is 586. The van der Waals surface area contributed by atoms with E-state index in [-0.39, 0.29) is 6.10 Å². The van der Waals surface area contributed by atoms with Crippen molar-refractivity contribution in [1.82, 2.24) is 4.98 Å². The summed E-state index contributed by atoms with van der Waals surface area (Å²) in [5, 5.41) is 0.630. The van der Waals surface area contributed by atoms with Crippen LogP contribution < -0.4 is 10.5 Å². The van der Waals surface area contributed by atoms with Crippen LogP contribution >= 0.6 is 11.6 Å². The van der Waals surface area contributed by atoms with Gasteiger partial charge in [-0.15, -0.1) is 0 Å². The first-order chi connectivity index (χ1) is 8.79. The minimum atomic E-state index is 0.0589. The number of halogens is 1. The van der Waals surface area contributed by atoms with Crippen LogP contribution in [0.3, 0.4) is 0 Å². The topological polar surface area (TPSA) is 48.1 Å². The van der Waals surface area contributed by atoms with Crippen LogP contribution in [0.15, 0.2) is 36.5 Å². The van der Waals surface area contributed by atoms with E-state index in [4.69, 9.17) is 22.1 Å². The summed E-state index contributed by atoms with van der Waals surface area (Å²) in [5.41, 5.74) is 8.53. The van der Waals surface area contributed by atoms with Gasteiger partial charge in [-0.3, -0.25) is 4.98 Å². The molecular weight excluding hydrogens is 248 g/mol. The van der Waals surface area contributed by atoms with Gasteiger partial charge < -0.3 is 10.5 Å². The number of fused-ring (bicyclic) bond motifs is 1. The quantitative estimate of drug-likeness (QED) is 0.903. The number of rotatable bonds is 2. The van der Waals surface area contributed by atoms with Crippen LogP contribution in [0.25, 0.3) is 11.3 Å². The molecule has 4 heteroatoms. The number of aromatic nitrogens is 1. The summed E-state index contributed by atoms with van der Waals surface area (Å²) < 4.78 is 5.87. The van der Waals surface area contributed by atoms with Gasteiger partial charge in [0.25, 0.3) is 0 Å². The number of nitrogens with two attached hydrogens (primary N) is 1. The van der Waals surface area contributed by atoms with Crippen LogP contribution in [0.2, 0.25) is 5.02 Å². The second-order valence-electron chi connectivity index (χ2n) is 4.31. The smallest absolute Gasteiger partial charge is 0.132 e. The molecule has 1 atom stereocenters. The first-order valence-corrected chi connectivity index (χ1v) is 6.27. The van der Waals surface area contributed by atoms with Gasteiger partial charge in [-0.2, -0.15) is 0 Å². The van der Waals surface area contributed by atoms with E-state index in [0.717, 1.165) is 23.4 Å². The lowest BCUT2D eigenvalue weighted by Gasteiger charge is -2.11. The van der Waals surface area contributed by atoms with Gasteiger partial charge in [0.05, 0.1) is 10.7 Å². The van der Waals surface area contributed by atoms with Gasteiger partial charge in [0.1, 0.15) is 11.9 Å². The molecule has 1 aliphatic heterocycles. The molecule has 0 radical (unpaired) electrons. The van der Waals surface area contributed by atoms with E-state index in [1.807, 2.05) is 24.3 Å². The van der Waals surface area contributed by atoms with Crippen LogP contribution in [0, 0.1) is 0 Å². The van der Waals surface area contributed by atoms with E-state index in [2.05, 4.69) is 11.1 Å². The molecule has 0 spiro atoms. The molecular formula is C14H13ClN2O. The minimum absolute atomic E-state index is 0.0589. The minimum Gasteiger partial charge on any atom is -0.488 e. The van der Waals surface area contributed by atoms with E-state index in [0.29, 0.717) is 11.6 Å². The van der Waals surface area contributed by atoms with Gasteiger partial charge in [0.2, 0.25) is 0 Å². The zero-order valence-corrected chi connectivity index (χ0v) is 10.5. The molecule has 2 heterocycles. The van der Waals surface area contributed by atoms with Crippen molar-refractivity contribution in [2.24, 2.45) is 5.73 Å². The van der Waals surface area contributed by atoms with Crippen molar-refractivity contribution in [3.05, 3.63) is 47.1 Å². The molecule has 92 valence electrons. The second-order valence-corrected chi connectivity index (χ2v) is 4.71. The molecule has 1 unspecified atom stereocenters. The first kappa shape index (κ1) is 11.5. The highest BCUT2D eigenvalue weighted by atomic mass is 35.5. The molecule has 0 saturated heterocycles. The number of benzene rings is 1. The Morgan fingerprint density at radius 1 is 1.33 bits per heavy atom. The van der Waals surface area contributed by atoms with Crippen LogP contribution in [-0.2, 0) is 6.42 Å². The maximum Gasteiger partial charge on any atom is 0.132 e. The summed E-state index contributed by atoms with van der Waals surface area (Å²) in [4.78, 5) is 4.33. The van der Waals surface area contributed by atoms with Crippen molar-refractivity contribution < 1.29 is 4.74 Å². The van der Waals surface area contributed by atoms with Gasteiger partial charge in [0.15, 0.2) is 0 Å². The standard InChI is InChI=1S/C14H13ClN2O/c15-12-5-2-6-17-13(12)11-4-1-3-9-7-10(8-16)18-14(9)11/h1-6,10H,7-8,16H2. The number of hydrogen-bond acceptors (Lipinski definition) is 3. The summed E-state index contributed by atoms with van der Waals surface area (Å²) in [5.74, 6) is 0.869. The molecule has 2 aromatic rings. The van der Waals surface area contributed by atoms with Crippen LogP contribution in [0.5, 0.6) is 5.75 Å². The fourth-order valence-electron chi connectivity index (χ4n) is 2.24. The van der Waals surface area contributed by atoms with Crippen LogP contribution in [0.4, 0.5) is 0 Å². The van der Waals surface area contributed by atoms with Crippen molar-refractivity contribution in [2.75, 3.05) is 6.54 Å². The summed E-state index contributed by atoms with van der Waals surface area (Å²) >= 11 is 6.19. The zero-order chi connectivity index (χ0) is 12.5. The van der Waals surface area contributed by atoms with Gasteiger partial charge in [-0.1, -0.05) is 23.7 Å². The molecule has 1 aromatic carbocycles. The fraction of sp³-hybridized carbons (Fsp3) is 0.214. The maximum absolute atomic E-state index is 6.19. The molecule has 1 aliphatic rings. The molecule has 18 heavy (non-hydrogen) atoms. The normalized spacial score (nSPS) is 17.3. The monoisotopic (exact) mass is 260 g/mol. The highest BCUT2D eigenvalue weighted by Gasteiger charge is 2.25. The zero-order valence-electron chi connectivity index (χ0n) is 9.77. The Morgan fingerprint density at radius 3 is 3.00 bits per heavy atom. The maximum atomic E-state index is 6.19. The highest BCUT2D eigenvalue weighted by Crippen LogP contribution is 2.39. The number of nitrogens with zero attached hydrogens (tertiary/aromatic N) is 1. The Kier molecular flexibility index (Phi) is 2.94. The number of para-hydroxylation sites is 1. The molecule has 1 aromatic heterocycles. The molecule has 0 amide bonds. The lowest BCUT2D eigenvalue weighted by Crippen LogP contribution is -2.24. The summed E-state index contributed by atoms with van der Waals surface area (Å²) in [6.07, 6.45) is 2.64. The van der Waals surface area contributed by atoms with Crippen molar-refractivity contribution in [1.29, 1.82) is 0 Å². The van der Waals surface area contributed by atoms with Gasteiger partial charge >= 0.3 is 0 Å². The predicted octanol–water partition coefficient (Wildman–Crippen LogP) is 2.66.